The molecule has 0 aliphatic rings. The molecular formula is C13H20BN3O5Si. The average Bonchev–Trinajstić information content (AvgIpc) is 2.85. The first-order valence-electron chi connectivity index (χ1n) is 7.28. The highest BCUT2D eigenvalue weighted by atomic mass is 28.3. The van der Waals surface area contributed by atoms with E-state index in [9.17, 15) is 20.2 Å². The molecular weight excluding hydrogens is 317 g/mol. The summed E-state index contributed by atoms with van der Waals surface area (Å²) in [6.45, 7) is 6.83. The topological polar surface area (TPSA) is 122 Å². The lowest BCUT2D eigenvalue weighted by Gasteiger charge is -2.17. The summed E-state index contributed by atoms with van der Waals surface area (Å²) in [4.78, 5) is 10.8. The zero-order valence-corrected chi connectivity index (χ0v) is 14.3. The number of rotatable bonds is 7. The molecule has 0 amide bonds. The molecule has 10 heteroatoms. The van der Waals surface area contributed by atoms with Crippen LogP contribution in [0.25, 0.3) is 10.9 Å². The van der Waals surface area contributed by atoms with Crippen LogP contribution in [-0.2, 0) is 4.74 Å². The van der Waals surface area contributed by atoms with Gasteiger partial charge in [-0.15, -0.1) is 0 Å². The van der Waals surface area contributed by atoms with Crippen LogP contribution < -0.4 is 5.59 Å². The van der Waals surface area contributed by atoms with E-state index in [0.29, 0.717) is 23.1 Å². The molecule has 0 radical (unpaired) electrons. The van der Waals surface area contributed by atoms with Gasteiger partial charge in [-0.2, -0.15) is 5.10 Å². The van der Waals surface area contributed by atoms with Gasteiger partial charge in [-0.25, -0.2) is 0 Å². The monoisotopic (exact) mass is 337 g/mol. The molecule has 2 rings (SSSR count). The van der Waals surface area contributed by atoms with E-state index in [0.717, 1.165) is 6.04 Å². The molecule has 1 aromatic heterocycles. The zero-order valence-electron chi connectivity index (χ0n) is 13.3. The number of aromatic nitrogens is 2. The van der Waals surface area contributed by atoms with E-state index in [1.807, 2.05) is 0 Å². The Labute approximate surface area is 134 Å². The Morgan fingerprint density at radius 2 is 2.13 bits per heavy atom. The highest BCUT2D eigenvalue weighted by Gasteiger charge is 2.27. The highest BCUT2D eigenvalue weighted by Crippen LogP contribution is 2.23. The predicted molar refractivity (Wildman–Crippen MR) is 89.8 cm³/mol. The van der Waals surface area contributed by atoms with E-state index >= 15 is 0 Å². The van der Waals surface area contributed by atoms with Crippen molar-refractivity contribution >= 4 is 31.7 Å². The summed E-state index contributed by atoms with van der Waals surface area (Å²) < 4.78 is 5.47. The maximum absolute atomic E-state index is 11.3. The summed E-state index contributed by atoms with van der Waals surface area (Å²) in [6.07, 6.45) is -1.28. The number of hydrogen-bond acceptors (Lipinski definition) is 6. The first-order chi connectivity index (χ1) is 10.7. The van der Waals surface area contributed by atoms with Crippen molar-refractivity contribution in [1.29, 1.82) is 0 Å². The summed E-state index contributed by atoms with van der Waals surface area (Å²) in [5.41, 5.74) is 0.952. The van der Waals surface area contributed by atoms with Crippen LogP contribution in [-0.4, -0.2) is 47.0 Å². The van der Waals surface area contributed by atoms with Crippen molar-refractivity contribution in [2.24, 2.45) is 0 Å². The summed E-state index contributed by atoms with van der Waals surface area (Å²) >= 11 is 0. The third-order valence-electron chi connectivity index (χ3n) is 3.47. The molecule has 0 fully saturated rings. The van der Waals surface area contributed by atoms with E-state index in [2.05, 4.69) is 29.8 Å². The molecule has 2 aromatic rings. The number of fused-ring (bicyclic) bond motifs is 1. The molecule has 0 spiro atoms. The molecule has 1 unspecified atom stereocenters. The fourth-order valence-electron chi connectivity index (χ4n) is 2.15. The predicted octanol–water partition coefficient (Wildman–Crippen LogP) is 0.873. The lowest BCUT2D eigenvalue weighted by atomic mass is 9.83. The molecule has 0 bridgehead atoms. The smallest absolute Gasteiger partial charge is 0.422 e. The molecule has 8 nitrogen and oxygen atoms in total. The van der Waals surface area contributed by atoms with Gasteiger partial charge in [-0.1, -0.05) is 19.6 Å². The first-order valence-corrected chi connectivity index (χ1v) is 11.0. The van der Waals surface area contributed by atoms with E-state index < -0.39 is 26.3 Å². The number of ether oxygens (including phenoxy) is 1. The molecule has 0 saturated carbocycles. The zero-order chi connectivity index (χ0) is 17.2. The van der Waals surface area contributed by atoms with Crippen molar-refractivity contribution in [2.75, 3.05) is 6.61 Å². The van der Waals surface area contributed by atoms with Crippen LogP contribution in [0.15, 0.2) is 18.2 Å². The number of nitro groups is 1. The largest absolute Gasteiger partial charge is 0.508 e. The Hall–Kier alpha value is -1.75. The van der Waals surface area contributed by atoms with Crippen LogP contribution in [0.5, 0.6) is 0 Å². The molecule has 0 saturated heterocycles. The Kier molecular flexibility index (Phi) is 5.20. The molecule has 1 heterocycles. The molecule has 1 aromatic carbocycles. The third kappa shape index (κ3) is 4.38. The van der Waals surface area contributed by atoms with E-state index in [-0.39, 0.29) is 5.59 Å². The second-order valence-corrected chi connectivity index (χ2v) is 12.2. The van der Waals surface area contributed by atoms with Crippen molar-refractivity contribution in [1.82, 2.24) is 10.2 Å². The van der Waals surface area contributed by atoms with Crippen LogP contribution in [0.3, 0.4) is 0 Å². The summed E-state index contributed by atoms with van der Waals surface area (Å²) in [6, 6.07) is 5.49. The maximum Gasteiger partial charge on any atom is 0.508 e. The van der Waals surface area contributed by atoms with Crippen LogP contribution >= 0.6 is 0 Å². The third-order valence-corrected chi connectivity index (χ3v) is 5.17. The Bertz CT molecular complexity index is 700. The normalized spacial score (nSPS) is 13.3. The van der Waals surface area contributed by atoms with Gasteiger partial charge in [-0.05, 0) is 24.2 Å². The van der Waals surface area contributed by atoms with Gasteiger partial charge < -0.3 is 14.8 Å². The lowest BCUT2D eigenvalue weighted by molar-refractivity contribution is -0.583. The van der Waals surface area contributed by atoms with Crippen LogP contribution in [0.2, 0.25) is 25.7 Å². The molecule has 124 valence electrons. The molecule has 0 aliphatic heterocycles. The number of benzene rings is 1. The second-order valence-electron chi connectivity index (χ2n) is 6.61. The minimum absolute atomic E-state index is 0.103. The van der Waals surface area contributed by atoms with Crippen LogP contribution in [0, 0.1) is 10.1 Å². The summed E-state index contributed by atoms with van der Waals surface area (Å²) in [7, 11) is -3.07. The van der Waals surface area contributed by atoms with Gasteiger partial charge >= 0.3 is 13.3 Å². The molecule has 23 heavy (non-hydrogen) atoms. The van der Waals surface area contributed by atoms with E-state index in [4.69, 9.17) is 4.74 Å². The van der Waals surface area contributed by atoms with Crippen molar-refractivity contribution < 1.29 is 19.7 Å². The Morgan fingerprint density at radius 3 is 2.70 bits per heavy atom. The SMILES string of the molecule is C[Si](C)(C)CCOC(c1ccc2n[nH]c(B(O)O)c2c1)[N+](=O)[O-]. The van der Waals surface area contributed by atoms with Gasteiger partial charge in [-0.3, -0.25) is 15.2 Å². The number of aromatic amines is 1. The fraction of sp³-hybridized carbons (Fsp3) is 0.462. The Morgan fingerprint density at radius 1 is 1.43 bits per heavy atom. The number of hydrogen-bond donors (Lipinski definition) is 3. The molecule has 1 atom stereocenters. The van der Waals surface area contributed by atoms with E-state index in [1.54, 1.807) is 12.1 Å². The van der Waals surface area contributed by atoms with Crippen LogP contribution in [0.4, 0.5) is 0 Å². The van der Waals surface area contributed by atoms with Crippen LogP contribution in [0.1, 0.15) is 11.8 Å². The first kappa shape index (κ1) is 17.6. The second kappa shape index (κ2) is 6.79. The molecule has 0 aliphatic carbocycles. The quantitative estimate of drug-likeness (QED) is 0.298. The lowest BCUT2D eigenvalue weighted by Crippen LogP contribution is -2.31. The van der Waals surface area contributed by atoms with Crippen molar-refractivity contribution in [3.63, 3.8) is 0 Å². The summed E-state index contributed by atoms with van der Waals surface area (Å²) in [5.74, 6) is 0. The molecule has 3 N–H and O–H groups in total. The van der Waals surface area contributed by atoms with Gasteiger partial charge in [0.25, 0.3) is 0 Å². The van der Waals surface area contributed by atoms with Crippen molar-refractivity contribution in [3.05, 3.63) is 33.9 Å². The maximum atomic E-state index is 11.3. The number of nitrogens with one attached hydrogen (secondary N) is 1. The standard InChI is InChI=1S/C13H20BN3O5Si/c1-23(2,3)7-6-22-13(17(20)21)9-4-5-11-10(8-9)12(14(18)19)16-15-11/h4-5,8,13,18-19H,6-7H2,1-3H3,(H,15,16). The summed E-state index contributed by atoms with van der Waals surface area (Å²) in [5, 5.41) is 36.8. The van der Waals surface area contributed by atoms with Gasteiger partial charge in [0.15, 0.2) is 0 Å². The number of H-pyrrole nitrogens is 1. The van der Waals surface area contributed by atoms with Gasteiger partial charge in [0.05, 0.1) is 28.2 Å². The Balaban J connectivity index is 2.26. The van der Waals surface area contributed by atoms with E-state index in [1.165, 1.54) is 6.07 Å². The van der Waals surface area contributed by atoms with Gasteiger partial charge in [0, 0.05) is 13.5 Å². The minimum Gasteiger partial charge on any atom is -0.422 e. The average molecular weight is 337 g/mol. The minimum atomic E-state index is -1.72. The van der Waals surface area contributed by atoms with Crippen molar-refractivity contribution in [3.8, 4) is 0 Å². The van der Waals surface area contributed by atoms with Crippen molar-refractivity contribution in [2.45, 2.75) is 31.9 Å². The number of nitrogens with zero attached hydrogens (tertiary/aromatic N) is 2. The fourth-order valence-corrected chi connectivity index (χ4v) is 2.88. The van der Waals surface area contributed by atoms with Gasteiger partial charge in [0.1, 0.15) is 0 Å². The highest BCUT2D eigenvalue weighted by molar-refractivity contribution is 6.76. The van der Waals surface area contributed by atoms with Gasteiger partial charge in [0.2, 0.25) is 0 Å².